The van der Waals surface area contributed by atoms with Crippen LogP contribution in [0.15, 0.2) is 24.3 Å². The zero-order valence-electron chi connectivity index (χ0n) is 18.6. The lowest BCUT2D eigenvalue weighted by Crippen LogP contribution is -2.42. The van der Waals surface area contributed by atoms with Gasteiger partial charge < -0.3 is 14.4 Å². The number of halogens is 2. The third-order valence-electron chi connectivity index (χ3n) is 5.14. The van der Waals surface area contributed by atoms with E-state index in [4.69, 9.17) is 9.47 Å². The van der Waals surface area contributed by atoms with Gasteiger partial charge in [-0.05, 0) is 57.6 Å². The molecule has 1 atom stereocenters. The topological polar surface area (TPSA) is 54.0 Å². The highest BCUT2D eigenvalue weighted by molar-refractivity contribution is 5.86. The fourth-order valence-electron chi connectivity index (χ4n) is 3.45. The van der Waals surface area contributed by atoms with Crippen molar-refractivity contribution >= 4 is 36.6 Å². The van der Waals surface area contributed by atoms with Gasteiger partial charge in [0.15, 0.2) is 0 Å². The van der Waals surface area contributed by atoms with Crippen LogP contribution >= 0.6 is 24.8 Å². The first-order chi connectivity index (χ1) is 13.6. The Morgan fingerprint density at radius 2 is 1.87 bits per heavy atom. The maximum Gasteiger partial charge on any atom is 0.411 e. The van der Waals surface area contributed by atoms with Crippen molar-refractivity contribution in [3.8, 4) is 5.75 Å². The molecule has 1 unspecified atom stereocenters. The molecule has 0 aromatic heterocycles. The van der Waals surface area contributed by atoms with Crippen LogP contribution in [-0.2, 0) is 4.74 Å². The van der Waals surface area contributed by atoms with E-state index in [0.717, 1.165) is 57.9 Å². The molecule has 6 nitrogen and oxygen atoms in total. The molecular formula is C22H39Cl2N3O3. The van der Waals surface area contributed by atoms with Crippen LogP contribution in [0.25, 0.3) is 0 Å². The van der Waals surface area contributed by atoms with Crippen LogP contribution in [0.4, 0.5) is 10.5 Å². The van der Waals surface area contributed by atoms with Crippen LogP contribution in [0.1, 0.15) is 46.5 Å². The van der Waals surface area contributed by atoms with E-state index in [-0.39, 0.29) is 30.9 Å². The molecule has 0 radical (unpaired) electrons. The Hall–Kier alpha value is -1.21. The lowest BCUT2D eigenvalue weighted by atomic mass is 10.3. The number of anilines is 1. The molecule has 1 saturated heterocycles. The van der Waals surface area contributed by atoms with Crippen molar-refractivity contribution in [3.05, 3.63) is 24.3 Å². The van der Waals surface area contributed by atoms with Gasteiger partial charge in [-0.2, -0.15) is 0 Å². The summed E-state index contributed by atoms with van der Waals surface area (Å²) in [5.41, 5.74) is 0.696. The number of hydrogen-bond acceptors (Lipinski definition) is 5. The second kappa shape index (κ2) is 16.5. The maximum atomic E-state index is 12.5. The number of carbonyl (C=O) groups excluding carboxylic acids is 1. The van der Waals surface area contributed by atoms with E-state index < -0.39 is 6.09 Å². The van der Waals surface area contributed by atoms with Gasteiger partial charge in [0.25, 0.3) is 0 Å². The Morgan fingerprint density at radius 1 is 1.17 bits per heavy atom. The second-order valence-corrected chi connectivity index (χ2v) is 7.38. The molecule has 1 heterocycles. The van der Waals surface area contributed by atoms with E-state index >= 15 is 0 Å². The number of likely N-dealkylation sites (N-methyl/N-ethyl adjacent to an activating group) is 1. The summed E-state index contributed by atoms with van der Waals surface area (Å²) >= 11 is 0. The Balaban J connectivity index is 0.00000420. The van der Waals surface area contributed by atoms with Crippen molar-refractivity contribution in [3.63, 3.8) is 0 Å². The predicted octanol–water partition coefficient (Wildman–Crippen LogP) is 5.06. The molecule has 1 aromatic carbocycles. The molecule has 1 aromatic rings. The first-order valence-electron chi connectivity index (χ1n) is 10.8. The summed E-state index contributed by atoms with van der Waals surface area (Å²) in [6.07, 6.45) is 4.03. The zero-order valence-corrected chi connectivity index (χ0v) is 20.2. The summed E-state index contributed by atoms with van der Waals surface area (Å²) < 4.78 is 11.5. The van der Waals surface area contributed by atoms with E-state index in [1.807, 2.05) is 24.3 Å². The third kappa shape index (κ3) is 10.7. The van der Waals surface area contributed by atoms with E-state index in [9.17, 15) is 4.79 Å². The number of rotatable bonds is 12. The van der Waals surface area contributed by atoms with Gasteiger partial charge in [0.2, 0.25) is 0 Å². The van der Waals surface area contributed by atoms with Gasteiger partial charge >= 0.3 is 6.09 Å². The Labute approximate surface area is 194 Å². The average molecular weight is 464 g/mol. The molecule has 174 valence electrons. The summed E-state index contributed by atoms with van der Waals surface area (Å²) in [6.45, 7) is 12.8. The third-order valence-corrected chi connectivity index (χ3v) is 5.14. The molecule has 1 amide bonds. The monoisotopic (exact) mass is 463 g/mol. The minimum absolute atomic E-state index is 0. The molecule has 0 spiro atoms. The molecule has 1 fully saturated rings. The van der Waals surface area contributed by atoms with Gasteiger partial charge in [0.1, 0.15) is 11.9 Å². The largest absolute Gasteiger partial charge is 0.494 e. The average Bonchev–Trinajstić information content (AvgIpc) is 3.19. The van der Waals surface area contributed by atoms with Gasteiger partial charge in [0.05, 0.1) is 6.61 Å². The number of nitrogens with zero attached hydrogens (tertiary/aromatic N) is 2. The van der Waals surface area contributed by atoms with Crippen molar-refractivity contribution in [2.24, 2.45) is 0 Å². The van der Waals surface area contributed by atoms with Crippen molar-refractivity contribution < 1.29 is 14.3 Å². The minimum atomic E-state index is -0.401. The fraction of sp³-hybridized carbons (Fsp3) is 0.682. The normalized spacial score (nSPS) is 14.5. The molecule has 0 bridgehead atoms. The second-order valence-electron chi connectivity index (χ2n) is 7.38. The Morgan fingerprint density at radius 3 is 2.50 bits per heavy atom. The molecule has 1 aliphatic heterocycles. The fourth-order valence-corrected chi connectivity index (χ4v) is 3.45. The molecule has 2 rings (SSSR count). The summed E-state index contributed by atoms with van der Waals surface area (Å²) in [5.74, 6) is 0.767. The number of nitrogens with one attached hydrogen (secondary N) is 1. The number of hydrogen-bond donors (Lipinski definition) is 1. The van der Waals surface area contributed by atoms with Crippen molar-refractivity contribution in [2.75, 3.05) is 51.2 Å². The van der Waals surface area contributed by atoms with E-state index in [2.05, 4.69) is 35.9 Å². The number of amides is 1. The molecule has 0 saturated carbocycles. The van der Waals surface area contributed by atoms with Crippen molar-refractivity contribution in [1.82, 2.24) is 9.80 Å². The van der Waals surface area contributed by atoms with Crippen LogP contribution in [-0.4, -0.2) is 67.9 Å². The number of likely N-dealkylation sites (tertiary alicyclic amines) is 1. The van der Waals surface area contributed by atoms with Crippen LogP contribution in [0.3, 0.4) is 0 Å². The van der Waals surface area contributed by atoms with Gasteiger partial charge in [-0.25, -0.2) is 4.79 Å². The SMILES string of the molecule is CCCCOc1cccc(NC(=O)OC(CN(CC)CC)CN2CCCC2)c1.Cl.Cl. The molecule has 8 heteroatoms. The lowest BCUT2D eigenvalue weighted by molar-refractivity contribution is 0.0605. The summed E-state index contributed by atoms with van der Waals surface area (Å²) in [7, 11) is 0. The van der Waals surface area contributed by atoms with Crippen LogP contribution in [0.5, 0.6) is 5.75 Å². The number of benzene rings is 1. The molecular weight excluding hydrogens is 425 g/mol. The Bertz CT molecular complexity index is 579. The van der Waals surface area contributed by atoms with Crippen LogP contribution in [0, 0.1) is 0 Å². The molecule has 0 aliphatic carbocycles. The lowest BCUT2D eigenvalue weighted by Gasteiger charge is -2.28. The van der Waals surface area contributed by atoms with E-state index in [1.165, 1.54) is 12.8 Å². The summed E-state index contributed by atoms with van der Waals surface area (Å²) in [4.78, 5) is 17.2. The number of carbonyl (C=O) groups is 1. The predicted molar refractivity (Wildman–Crippen MR) is 129 cm³/mol. The first kappa shape index (κ1) is 28.8. The summed E-state index contributed by atoms with van der Waals surface area (Å²) in [6, 6.07) is 7.49. The quantitative estimate of drug-likeness (QED) is 0.438. The minimum Gasteiger partial charge on any atom is -0.494 e. The molecule has 1 N–H and O–H groups in total. The van der Waals surface area contributed by atoms with Gasteiger partial charge in [-0.15, -0.1) is 24.8 Å². The number of ether oxygens (including phenoxy) is 2. The van der Waals surface area contributed by atoms with Crippen LogP contribution in [0.2, 0.25) is 0 Å². The molecule has 1 aliphatic rings. The zero-order chi connectivity index (χ0) is 20.2. The highest BCUT2D eigenvalue weighted by Gasteiger charge is 2.22. The highest BCUT2D eigenvalue weighted by atomic mass is 35.5. The van der Waals surface area contributed by atoms with E-state index in [0.29, 0.717) is 12.3 Å². The first-order valence-corrected chi connectivity index (χ1v) is 10.8. The van der Waals surface area contributed by atoms with Crippen molar-refractivity contribution in [2.45, 2.75) is 52.6 Å². The van der Waals surface area contributed by atoms with Crippen molar-refractivity contribution in [1.29, 1.82) is 0 Å². The van der Waals surface area contributed by atoms with Crippen LogP contribution < -0.4 is 10.1 Å². The van der Waals surface area contributed by atoms with Gasteiger partial charge in [-0.1, -0.05) is 33.3 Å². The standard InChI is InChI=1S/C22H37N3O3.2ClH/c1-4-7-15-27-20-12-10-11-19(16-20)23-22(26)28-21(17-24(5-2)6-3)18-25-13-8-9-14-25;;/h10-12,16,21H,4-9,13-15,17-18H2,1-3H3,(H,23,26);2*1H. The molecule has 30 heavy (non-hydrogen) atoms. The Kier molecular flexibility index (Phi) is 15.8. The highest BCUT2D eigenvalue weighted by Crippen LogP contribution is 2.18. The van der Waals surface area contributed by atoms with Gasteiger partial charge in [0, 0.05) is 24.8 Å². The maximum absolute atomic E-state index is 12.5. The summed E-state index contributed by atoms with van der Waals surface area (Å²) in [5, 5.41) is 2.86. The van der Waals surface area contributed by atoms with Gasteiger partial charge in [-0.3, -0.25) is 10.2 Å². The smallest absolute Gasteiger partial charge is 0.411 e. The van der Waals surface area contributed by atoms with E-state index in [1.54, 1.807) is 0 Å². The number of unbranched alkanes of at least 4 members (excludes halogenated alkanes) is 1.